The molecule has 0 aliphatic heterocycles. The van der Waals surface area contributed by atoms with Crippen molar-refractivity contribution < 1.29 is 23.5 Å². The Kier molecular flexibility index (Phi) is 5.80. The average Bonchev–Trinajstić information content (AvgIpc) is 2.87. The summed E-state index contributed by atoms with van der Waals surface area (Å²) < 4.78 is 23.7. The van der Waals surface area contributed by atoms with Crippen molar-refractivity contribution in [2.45, 2.75) is 52.1 Å². The minimum absolute atomic E-state index is 0.00553. The van der Waals surface area contributed by atoms with E-state index in [2.05, 4.69) is 5.32 Å². The number of Topliss-reactive ketones (excluding diaryl/α,β-unsaturated/α-hetero) is 1. The third-order valence-electron chi connectivity index (χ3n) is 3.77. The van der Waals surface area contributed by atoms with Crippen molar-refractivity contribution in [2.24, 2.45) is 0 Å². The number of hydrogen-bond acceptors (Lipinski definition) is 4. The van der Waals surface area contributed by atoms with Gasteiger partial charge in [-0.3, -0.25) is 4.79 Å². The molecule has 5 nitrogen and oxygen atoms in total. The molecule has 0 bridgehead atoms. The molecule has 24 heavy (non-hydrogen) atoms. The highest BCUT2D eigenvalue weighted by Crippen LogP contribution is 2.34. The van der Waals surface area contributed by atoms with Crippen molar-refractivity contribution in [1.82, 2.24) is 5.32 Å². The van der Waals surface area contributed by atoms with Crippen LogP contribution >= 0.6 is 0 Å². The van der Waals surface area contributed by atoms with Gasteiger partial charge in [-0.15, -0.1) is 0 Å². The molecule has 2 aliphatic carbocycles. The topological polar surface area (TPSA) is 64.6 Å². The van der Waals surface area contributed by atoms with E-state index in [1.807, 2.05) is 0 Å². The standard InChI is InChI=1S/C18H24FNO4/c1-18(2,3)24-17(22)20-10-12(9-19)11-23-14-6-4-13-5-7-16(21)15(13)8-14/h8-9H,4-7,10-11H2,1-3H3,(H,20,22)/b12-9-. The number of ether oxygens (including phenoxy) is 2. The summed E-state index contributed by atoms with van der Waals surface area (Å²) in [4.78, 5) is 23.3. The zero-order valence-electron chi connectivity index (χ0n) is 14.4. The molecule has 0 unspecified atom stereocenters. The predicted octanol–water partition coefficient (Wildman–Crippen LogP) is 3.72. The maximum absolute atomic E-state index is 13.0. The van der Waals surface area contributed by atoms with Gasteiger partial charge in [-0.05, 0) is 39.7 Å². The van der Waals surface area contributed by atoms with E-state index in [1.165, 1.54) is 5.57 Å². The molecule has 0 saturated heterocycles. The summed E-state index contributed by atoms with van der Waals surface area (Å²) in [5, 5.41) is 2.49. The monoisotopic (exact) mass is 337 g/mol. The third-order valence-corrected chi connectivity index (χ3v) is 3.77. The van der Waals surface area contributed by atoms with Crippen LogP contribution in [0.3, 0.4) is 0 Å². The van der Waals surface area contributed by atoms with Gasteiger partial charge in [0.1, 0.15) is 12.2 Å². The Morgan fingerprint density at radius 2 is 2.00 bits per heavy atom. The number of carbonyl (C=O) groups is 2. The first-order chi connectivity index (χ1) is 11.3. The average molecular weight is 337 g/mol. The lowest BCUT2D eigenvalue weighted by molar-refractivity contribution is -0.114. The van der Waals surface area contributed by atoms with Crippen molar-refractivity contribution in [3.05, 3.63) is 34.9 Å². The van der Waals surface area contributed by atoms with Crippen LogP contribution in [-0.2, 0) is 14.3 Å². The molecule has 0 aromatic rings. The summed E-state index contributed by atoms with van der Waals surface area (Å²) in [6.07, 6.45) is 4.53. The molecular weight excluding hydrogens is 313 g/mol. The Labute approximate surface area is 141 Å². The van der Waals surface area contributed by atoms with Gasteiger partial charge < -0.3 is 14.8 Å². The van der Waals surface area contributed by atoms with Crippen LogP contribution in [-0.4, -0.2) is 30.6 Å². The number of halogens is 1. The first-order valence-electron chi connectivity index (χ1n) is 8.12. The minimum atomic E-state index is -0.606. The van der Waals surface area contributed by atoms with E-state index in [0.29, 0.717) is 30.5 Å². The first kappa shape index (κ1) is 18.2. The van der Waals surface area contributed by atoms with E-state index in [9.17, 15) is 14.0 Å². The van der Waals surface area contributed by atoms with E-state index in [-0.39, 0.29) is 18.9 Å². The highest BCUT2D eigenvalue weighted by atomic mass is 19.1. The fourth-order valence-electron chi connectivity index (χ4n) is 2.60. The fourth-order valence-corrected chi connectivity index (χ4v) is 2.60. The molecule has 0 heterocycles. The number of hydrogen-bond donors (Lipinski definition) is 1. The number of allylic oxidation sites excluding steroid dienone is 4. The van der Waals surface area contributed by atoms with Crippen LogP contribution in [0, 0.1) is 0 Å². The largest absolute Gasteiger partial charge is 0.493 e. The summed E-state index contributed by atoms with van der Waals surface area (Å²) >= 11 is 0. The van der Waals surface area contributed by atoms with E-state index < -0.39 is 11.7 Å². The van der Waals surface area contributed by atoms with E-state index in [4.69, 9.17) is 9.47 Å². The molecule has 0 saturated carbocycles. The van der Waals surface area contributed by atoms with Crippen LogP contribution in [0.1, 0.15) is 46.5 Å². The summed E-state index contributed by atoms with van der Waals surface area (Å²) in [5.74, 6) is 0.833. The zero-order valence-corrected chi connectivity index (χ0v) is 14.4. The molecule has 0 fully saturated rings. The number of amides is 1. The SMILES string of the molecule is CC(C)(C)OC(=O)NC/C(=C/F)COC1=CC2=C(CCC2=O)CC1. The molecule has 132 valence electrons. The van der Waals surface area contributed by atoms with Gasteiger partial charge in [-0.1, -0.05) is 5.57 Å². The predicted molar refractivity (Wildman–Crippen MR) is 88.0 cm³/mol. The van der Waals surface area contributed by atoms with Crippen LogP contribution in [0.4, 0.5) is 9.18 Å². The zero-order chi connectivity index (χ0) is 17.7. The fraction of sp³-hybridized carbons (Fsp3) is 0.556. The Morgan fingerprint density at radius 3 is 2.67 bits per heavy atom. The van der Waals surface area contributed by atoms with Gasteiger partial charge >= 0.3 is 6.09 Å². The lowest BCUT2D eigenvalue weighted by Crippen LogP contribution is -2.34. The van der Waals surface area contributed by atoms with Gasteiger partial charge in [0.25, 0.3) is 0 Å². The van der Waals surface area contributed by atoms with E-state index >= 15 is 0 Å². The molecule has 2 rings (SSSR count). The van der Waals surface area contributed by atoms with Crippen molar-refractivity contribution in [3.63, 3.8) is 0 Å². The Bertz CT molecular complexity index is 611. The van der Waals surface area contributed by atoms with Crippen molar-refractivity contribution in [2.75, 3.05) is 13.2 Å². The highest BCUT2D eigenvalue weighted by molar-refractivity contribution is 6.01. The van der Waals surface area contributed by atoms with Crippen molar-refractivity contribution in [1.29, 1.82) is 0 Å². The minimum Gasteiger partial charge on any atom is -0.493 e. The molecular formula is C18H24FNO4. The molecule has 0 radical (unpaired) electrons. The lowest BCUT2D eigenvalue weighted by Gasteiger charge is -2.20. The molecule has 6 heteroatoms. The summed E-state index contributed by atoms with van der Waals surface area (Å²) in [5.41, 5.74) is 1.64. The van der Waals surface area contributed by atoms with Gasteiger partial charge in [-0.2, -0.15) is 0 Å². The summed E-state index contributed by atoms with van der Waals surface area (Å²) in [6, 6.07) is 0. The lowest BCUT2D eigenvalue weighted by atomic mass is 9.99. The van der Waals surface area contributed by atoms with Gasteiger partial charge in [0, 0.05) is 30.5 Å². The highest BCUT2D eigenvalue weighted by Gasteiger charge is 2.25. The number of ketones is 1. The van der Waals surface area contributed by atoms with Crippen LogP contribution in [0.2, 0.25) is 0 Å². The van der Waals surface area contributed by atoms with Crippen molar-refractivity contribution in [3.8, 4) is 0 Å². The Balaban J connectivity index is 1.81. The van der Waals surface area contributed by atoms with Crippen LogP contribution in [0.25, 0.3) is 0 Å². The maximum Gasteiger partial charge on any atom is 0.407 e. The number of nitrogens with one attached hydrogen (secondary N) is 1. The second kappa shape index (κ2) is 7.64. The maximum atomic E-state index is 13.0. The molecule has 2 aliphatic rings. The molecule has 1 amide bonds. The third kappa shape index (κ3) is 5.22. The summed E-state index contributed by atoms with van der Waals surface area (Å²) in [7, 11) is 0. The quantitative estimate of drug-likeness (QED) is 0.830. The van der Waals surface area contributed by atoms with Crippen LogP contribution in [0.15, 0.2) is 34.9 Å². The summed E-state index contributed by atoms with van der Waals surface area (Å²) in [6.45, 7) is 5.29. The van der Waals surface area contributed by atoms with E-state index in [0.717, 1.165) is 18.4 Å². The molecule has 1 N–H and O–H groups in total. The van der Waals surface area contributed by atoms with Gasteiger partial charge in [0.2, 0.25) is 0 Å². The Hall–Kier alpha value is -2.11. The normalized spacial score (nSPS) is 18.2. The molecule has 0 atom stereocenters. The number of alkyl carbamates (subject to hydrolysis) is 1. The number of rotatable bonds is 5. The van der Waals surface area contributed by atoms with Gasteiger partial charge in [0.15, 0.2) is 5.78 Å². The van der Waals surface area contributed by atoms with E-state index in [1.54, 1.807) is 26.8 Å². The second-order valence-corrected chi connectivity index (χ2v) is 6.96. The van der Waals surface area contributed by atoms with Crippen molar-refractivity contribution >= 4 is 11.9 Å². The first-order valence-corrected chi connectivity index (χ1v) is 8.12. The van der Waals surface area contributed by atoms with Crippen LogP contribution in [0.5, 0.6) is 0 Å². The smallest absolute Gasteiger partial charge is 0.407 e. The molecule has 0 spiro atoms. The molecule has 0 aromatic heterocycles. The van der Waals surface area contributed by atoms with Gasteiger partial charge in [-0.25, -0.2) is 9.18 Å². The van der Waals surface area contributed by atoms with Crippen LogP contribution < -0.4 is 5.32 Å². The number of carbonyl (C=O) groups excluding carboxylic acids is 2. The van der Waals surface area contributed by atoms with Gasteiger partial charge in [0.05, 0.1) is 12.1 Å². The molecule has 0 aromatic carbocycles. The second-order valence-electron chi connectivity index (χ2n) is 6.96. The Morgan fingerprint density at radius 1 is 1.29 bits per heavy atom.